The van der Waals surface area contributed by atoms with Gasteiger partial charge in [-0.05, 0) is 35.6 Å². The molecule has 148 valence electrons. The summed E-state index contributed by atoms with van der Waals surface area (Å²) in [5, 5.41) is 0. The fourth-order valence-electron chi connectivity index (χ4n) is 3.60. The Labute approximate surface area is 166 Å². The van der Waals surface area contributed by atoms with Gasteiger partial charge in [-0.1, -0.05) is 49.4 Å². The molecule has 5 heteroatoms. The van der Waals surface area contributed by atoms with Gasteiger partial charge in [0, 0.05) is 39.0 Å². The predicted molar refractivity (Wildman–Crippen MR) is 107 cm³/mol. The van der Waals surface area contributed by atoms with E-state index in [1.54, 1.807) is 6.07 Å². The number of rotatable bonds is 6. The van der Waals surface area contributed by atoms with E-state index in [0.717, 1.165) is 5.56 Å². The Morgan fingerprint density at radius 2 is 1.57 bits per heavy atom. The fraction of sp³-hybridized carbons (Fsp3) is 0.391. The van der Waals surface area contributed by atoms with Gasteiger partial charge in [0.25, 0.3) is 0 Å². The number of hydrogen-bond donors (Lipinski definition) is 0. The summed E-state index contributed by atoms with van der Waals surface area (Å²) in [5.74, 6) is 0.110. The Bertz CT molecular complexity index is 801. The number of piperazine rings is 1. The SMILES string of the molecule is CC(CC(=O)N1CCN(C(=O)CCc2cccc(F)c2)CC1)c1ccccc1. The Hall–Kier alpha value is -2.69. The molecule has 1 saturated heterocycles. The average molecular weight is 382 g/mol. The maximum Gasteiger partial charge on any atom is 0.223 e. The van der Waals surface area contributed by atoms with E-state index in [2.05, 4.69) is 6.92 Å². The van der Waals surface area contributed by atoms with Crippen LogP contribution in [0.25, 0.3) is 0 Å². The number of benzene rings is 2. The van der Waals surface area contributed by atoms with Crippen LogP contribution in [0.1, 0.15) is 36.8 Å². The molecule has 28 heavy (non-hydrogen) atoms. The molecule has 1 unspecified atom stereocenters. The molecule has 0 saturated carbocycles. The van der Waals surface area contributed by atoms with Gasteiger partial charge < -0.3 is 9.80 Å². The van der Waals surface area contributed by atoms with Crippen molar-refractivity contribution < 1.29 is 14.0 Å². The van der Waals surface area contributed by atoms with Crippen LogP contribution in [0.3, 0.4) is 0 Å². The number of hydrogen-bond acceptors (Lipinski definition) is 2. The molecule has 0 N–H and O–H groups in total. The van der Waals surface area contributed by atoms with Crippen molar-refractivity contribution in [2.24, 2.45) is 0 Å². The molecule has 1 atom stereocenters. The van der Waals surface area contributed by atoms with Crippen LogP contribution in [0.15, 0.2) is 54.6 Å². The molecule has 0 bridgehead atoms. The van der Waals surface area contributed by atoms with Crippen LogP contribution in [0, 0.1) is 5.82 Å². The van der Waals surface area contributed by atoms with Gasteiger partial charge in [-0.3, -0.25) is 9.59 Å². The van der Waals surface area contributed by atoms with Crippen LogP contribution in [0.4, 0.5) is 4.39 Å². The van der Waals surface area contributed by atoms with Crippen molar-refractivity contribution in [1.82, 2.24) is 9.80 Å². The maximum atomic E-state index is 13.2. The molecule has 3 rings (SSSR count). The topological polar surface area (TPSA) is 40.6 Å². The lowest BCUT2D eigenvalue weighted by atomic mass is 9.97. The van der Waals surface area contributed by atoms with Gasteiger partial charge in [0.1, 0.15) is 5.82 Å². The first kappa shape index (κ1) is 20.1. The number of aryl methyl sites for hydroxylation is 1. The van der Waals surface area contributed by atoms with E-state index < -0.39 is 0 Å². The van der Waals surface area contributed by atoms with E-state index in [-0.39, 0.29) is 23.5 Å². The lowest BCUT2D eigenvalue weighted by molar-refractivity contribution is -0.139. The van der Waals surface area contributed by atoms with E-state index in [0.29, 0.717) is 45.4 Å². The smallest absolute Gasteiger partial charge is 0.223 e. The zero-order valence-electron chi connectivity index (χ0n) is 16.3. The normalized spacial score (nSPS) is 15.4. The molecule has 0 aromatic heterocycles. The fourth-order valence-corrected chi connectivity index (χ4v) is 3.60. The molecular formula is C23H27FN2O2. The van der Waals surface area contributed by atoms with Gasteiger partial charge in [0.2, 0.25) is 11.8 Å². The zero-order chi connectivity index (χ0) is 19.9. The average Bonchev–Trinajstić information content (AvgIpc) is 2.72. The molecule has 4 nitrogen and oxygen atoms in total. The highest BCUT2D eigenvalue weighted by molar-refractivity contribution is 5.79. The molecule has 0 aliphatic carbocycles. The molecular weight excluding hydrogens is 355 g/mol. The first-order chi connectivity index (χ1) is 13.5. The highest BCUT2D eigenvalue weighted by Gasteiger charge is 2.25. The zero-order valence-corrected chi connectivity index (χ0v) is 16.3. The second-order valence-electron chi connectivity index (χ2n) is 7.41. The Balaban J connectivity index is 1.43. The molecule has 1 aliphatic heterocycles. The van der Waals surface area contributed by atoms with Crippen molar-refractivity contribution in [2.45, 2.75) is 32.1 Å². The summed E-state index contributed by atoms with van der Waals surface area (Å²) >= 11 is 0. The van der Waals surface area contributed by atoms with Crippen molar-refractivity contribution in [3.63, 3.8) is 0 Å². The summed E-state index contributed by atoms with van der Waals surface area (Å²) in [7, 11) is 0. The van der Waals surface area contributed by atoms with Crippen LogP contribution < -0.4 is 0 Å². The number of nitrogens with zero attached hydrogens (tertiary/aromatic N) is 2. The third-order valence-corrected chi connectivity index (χ3v) is 5.35. The second-order valence-corrected chi connectivity index (χ2v) is 7.41. The quantitative estimate of drug-likeness (QED) is 0.766. The van der Waals surface area contributed by atoms with Crippen molar-refractivity contribution in [3.05, 3.63) is 71.5 Å². The summed E-state index contributed by atoms with van der Waals surface area (Å²) in [5.41, 5.74) is 2.00. The largest absolute Gasteiger partial charge is 0.339 e. The van der Waals surface area contributed by atoms with Crippen LogP contribution in [-0.4, -0.2) is 47.8 Å². The molecule has 1 heterocycles. The second kappa shape index (κ2) is 9.49. The van der Waals surface area contributed by atoms with Crippen LogP contribution >= 0.6 is 0 Å². The van der Waals surface area contributed by atoms with Gasteiger partial charge in [-0.2, -0.15) is 0 Å². The summed E-state index contributed by atoms with van der Waals surface area (Å²) in [6.45, 7) is 4.35. The van der Waals surface area contributed by atoms with Crippen molar-refractivity contribution >= 4 is 11.8 Å². The van der Waals surface area contributed by atoms with E-state index in [4.69, 9.17) is 0 Å². The molecule has 2 aromatic rings. The van der Waals surface area contributed by atoms with Crippen LogP contribution in [0.2, 0.25) is 0 Å². The summed E-state index contributed by atoms with van der Waals surface area (Å²) in [6, 6.07) is 16.4. The van der Waals surface area contributed by atoms with E-state index in [1.165, 1.54) is 17.7 Å². The molecule has 2 aromatic carbocycles. The summed E-state index contributed by atoms with van der Waals surface area (Å²) < 4.78 is 13.2. The van der Waals surface area contributed by atoms with Crippen LogP contribution in [-0.2, 0) is 16.0 Å². The lowest BCUT2D eigenvalue weighted by Crippen LogP contribution is -2.50. The van der Waals surface area contributed by atoms with Crippen molar-refractivity contribution in [3.8, 4) is 0 Å². The first-order valence-corrected chi connectivity index (χ1v) is 9.88. The minimum absolute atomic E-state index is 0.0639. The third kappa shape index (κ3) is 5.41. The molecule has 1 fully saturated rings. The Morgan fingerprint density at radius 1 is 0.929 bits per heavy atom. The number of halogens is 1. The van der Waals surface area contributed by atoms with Gasteiger partial charge in [0.15, 0.2) is 0 Å². The number of carbonyl (C=O) groups is 2. The minimum Gasteiger partial charge on any atom is -0.339 e. The number of amides is 2. The number of carbonyl (C=O) groups excluding carboxylic acids is 2. The molecule has 0 spiro atoms. The Morgan fingerprint density at radius 3 is 2.21 bits per heavy atom. The summed E-state index contributed by atoms with van der Waals surface area (Å²) in [6.07, 6.45) is 1.38. The van der Waals surface area contributed by atoms with Gasteiger partial charge in [-0.15, -0.1) is 0 Å². The first-order valence-electron chi connectivity index (χ1n) is 9.88. The minimum atomic E-state index is -0.276. The molecule has 1 aliphatic rings. The maximum absolute atomic E-state index is 13.2. The van der Waals surface area contributed by atoms with E-state index in [9.17, 15) is 14.0 Å². The standard InChI is InChI=1S/C23H27FN2O2/c1-18(20-7-3-2-4-8-20)16-23(28)26-14-12-25(13-15-26)22(27)11-10-19-6-5-9-21(24)17-19/h2-9,17-18H,10-16H2,1H3. The van der Waals surface area contributed by atoms with Gasteiger partial charge >= 0.3 is 0 Å². The molecule has 2 amide bonds. The lowest BCUT2D eigenvalue weighted by Gasteiger charge is -2.35. The van der Waals surface area contributed by atoms with E-state index in [1.807, 2.05) is 46.2 Å². The van der Waals surface area contributed by atoms with Crippen molar-refractivity contribution in [1.29, 1.82) is 0 Å². The van der Waals surface area contributed by atoms with Crippen molar-refractivity contribution in [2.75, 3.05) is 26.2 Å². The van der Waals surface area contributed by atoms with Gasteiger partial charge in [-0.25, -0.2) is 4.39 Å². The van der Waals surface area contributed by atoms with Crippen LogP contribution in [0.5, 0.6) is 0 Å². The molecule has 0 radical (unpaired) electrons. The van der Waals surface area contributed by atoms with E-state index >= 15 is 0 Å². The third-order valence-electron chi connectivity index (χ3n) is 5.35. The highest BCUT2D eigenvalue weighted by atomic mass is 19.1. The predicted octanol–water partition coefficient (Wildman–Crippen LogP) is 3.62. The van der Waals surface area contributed by atoms with Gasteiger partial charge in [0.05, 0.1) is 0 Å². The highest BCUT2D eigenvalue weighted by Crippen LogP contribution is 2.20. The monoisotopic (exact) mass is 382 g/mol. The Kier molecular flexibility index (Phi) is 6.80. The summed E-state index contributed by atoms with van der Waals surface area (Å²) in [4.78, 5) is 28.7.